The van der Waals surface area contributed by atoms with Crippen molar-refractivity contribution < 1.29 is 4.79 Å². The number of carbonyl (C=O) groups is 1. The van der Waals surface area contributed by atoms with Gasteiger partial charge >= 0.3 is 0 Å². The second-order valence-electron chi connectivity index (χ2n) is 1.29. The van der Waals surface area contributed by atoms with Gasteiger partial charge in [-0.15, -0.1) is 11.3 Å². The van der Waals surface area contributed by atoms with E-state index >= 15 is 0 Å². The van der Waals surface area contributed by atoms with E-state index in [9.17, 15) is 4.79 Å². The first-order chi connectivity index (χ1) is 4.34. The molecule has 1 N–H and O–H groups in total. The van der Waals surface area contributed by atoms with Gasteiger partial charge in [0.05, 0.1) is 11.7 Å². The van der Waals surface area contributed by atoms with E-state index in [-0.39, 0.29) is 5.91 Å². The molecule has 1 aromatic heterocycles. The maximum Gasteiger partial charge on any atom is 0.272 e. The second-order valence-corrected chi connectivity index (χ2v) is 2.57. The van der Waals surface area contributed by atoms with Crippen molar-refractivity contribution in [3.05, 3.63) is 16.6 Å². The van der Waals surface area contributed by atoms with Crippen molar-refractivity contribution in [3.8, 4) is 0 Å². The number of carbonyl (C=O) groups excluding carboxylic acids is 1. The standard InChI is InChI=1S/C4H3BrN2OS/c5-7-4(8)3-1-6-2-9-3/h1-2H,(H,7,8). The first-order valence-electron chi connectivity index (χ1n) is 2.14. The first kappa shape index (κ1) is 6.70. The van der Waals surface area contributed by atoms with E-state index in [0.29, 0.717) is 4.88 Å². The molecule has 5 heteroatoms. The quantitative estimate of drug-likeness (QED) is 0.702. The minimum Gasteiger partial charge on any atom is -0.288 e. The Kier molecular flexibility index (Phi) is 2.18. The summed E-state index contributed by atoms with van der Waals surface area (Å²) in [5.41, 5.74) is 1.61. The molecule has 0 aliphatic heterocycles. The number of amides is 1. The van der Waals surface area contributed by atoms with E-state index in [1.165, 1.54) is 17.5 Å². The van der Waals surface area contributed by atoms with Gasteiger partial charge in [0.1, 0.15) is 4.88 Å². The molecule has 48 valence electrons. The van der Waals surface area contributed by atoms with Crippen LogP contribution in [-0.4, -0.2) is 10.9 Å². The summed E-state index contributed by atoms with van der Waals surface area (Å²) < 4.78 is 2.31. The summed E-state index contributed by atoms with van der Waals surface area (Å²) in [6.07, 6.45) is 1.52. The van der Waals surface area contributed by atoms with Crippen LogP contribution < -0.4 is 4.34 Å². The second kappa shape index (κ2) is 2.93. The third-order valence-electron chi connectivity index (χ3n) is 0.742. The summed E-state index contributed by atoms with van der Waals surface area (Å²) in [5.74, 6) is -0.155. The number of hydrogen-bond acceptors (Lipinski definition) is 3. The maximum absolute atomic E-state index is 10.7. The van der Waals surface area contributed by atoms with Crippen LogP contribution in [0, 0.1) is 0 Å². The van der Waals surface area contributed by atoms with Crippen LogP contribution in [0.1, 0.15) is 9.67 Å². The van der Waals surface area contributed by atoms with E-state index in [1.54, 1.807) is 5.51 Å². The molecule has 1 aromatic rings. The fraction of sp³-hybridized carbons (Fsp3) is 0. The molecule has 0 aliphatic rings. The third kappa shape index (κ3) is 1.49. The van der Waals surface area contributed by atoms with E-state index in [0.717, 1.165) is 0 Å². The van der Waals surface area contributed by atoms with Crippen LogP contribution >= 0.6 is 27.5 Å². The largest absolute Gasteiger partial charge is 0.288 e. The molecular formula is C4H3BrN2OS. The van der Waals surface area contributed by atoms with Crippen LogP contribution in [0.4, 0.5) is 0 Å². The van der Waals surface area contributed by atoms with Gasteiger partial charge in [0.2, 0.25) is 0 Å². The lowest BCUT2D eigenvalue weighted by Crippen LogP contribution is -2.09. The summed E-state index contributed by atoms with van der Waals surface area (Å²) in [6, 6.07) is 0. The Morgan fingerprint density at radius 3 is 3.11 bits per heavy atom. The Labute approximate surface area is 64.4 Å². The molecule has 1 heterocycles. The lowest BCUT2D eigenvalue weighted by atomic mass is 10.5. The van der Waals surface area contributed by atoms with E-state index in [1.807, 2.05) is 0 Å². The Bertz CT molecular complexity index is 198. The molecule has 0 spiro atoms. The smallest absolute Gasteiger partial charge is 0.272 e. The summed E-state index contributed by atoms with van der Waals surface area (Å²) in [5, 5.41) is 0. The maximum atomic E-state index is 10.7. The van der Waals surface area contributed by atoms with Crippen molar-refractivity contribution >= 4 is 33.4 Å². The van der Waals surface area contributed by atoms with Gasteiger partial charge in [-0.25, -0.2) is 0 Å². The van der Waals surface area contributed by atoms with Crippen molar-refractivity contribution in [2.75, 3.05) is 0 Å². The highest BCUT2D eigenvalue weighted by Crippen LogP contribution is 2.04. The molecule has 0 bridgehead atoms. The molecule has 0 radical (unpaired) electrons. The van der Waals surface area contributed by atoms with Crippen LogP contribution in [0.3, 0.4) is 0 Å². The summed E-state index contributed by atoms with van der Waals surface area (Å²) >= 11 is 4.12. The molecule has 0 aromatic carbocycles. The van der Waals surface area contributed by atoms with Crippen molar-refractivity contribution in [1.29, 1.82) is 0 Å². The van der Waals surface area contributed by atoms with Gasteiger partial charge in [-0.1, -0.05) is 0 Å². The number of nitrogens with zero attached hydrogens (tertiary/aromatic N) is 1. The normalized spacial score (nSPS) is 9.00. The van der Waals surface area contributed by atoms with Crippen molar-refractivity contribution in [2.24, 2.45) is 0 Å². The highest BCUT2D eigenvalue weighted by atomic mass is 79.9. The number of aromatic nitrogens is 1. The van der Waals surface area contributed by atoms with Gasteiger partial charge in [0.15, 0.2) is 0 Å². The lowest BCUT2D eigenvalue weighted by molar-refractivity contribution is 0.0990. The topological polar surface area (TPSA) is 42.0 Å². The summed E-state index contributed by atoms with van der Waals surface area (Å²) in [7, 11) is 0. The monoisotopic (exact) mass is 206 g/mol. The average molecular weight is 207 g/mol. The third-order valence-corrected chi connectivity index (χ3v) is 1.87. The number of thiazole rings is 1. The molecule has 0 fully saturated rings. The summed E-state index contributed by atoms with van der Waals surface area (Å²) in [6.45, 7) is 0. The van der Waals surface area contributed by atoms with Gasteiger partial charge in [-0.05, 0) is 0 Å². The lowest BCUT2D eigenvalue weighted by Gasteiger charge is -1.87. The molecule has 0 unspecified atom stereocenters. The van der Waals surface area contributed by atoms with E-state index < -0.39 is 0 Å². The molecule has 0 aliphatic carbocycles. The Hall–Kier alpha value is -0.420. The fourth-order valence-electron chi connectivity index (χ4n) is 0.374. The van der Waals surface area contributed by atoms with Gasteiger partial charge in [0, 0.05) is 16.1 Å². The van der Waals surface area contributed by atoms with Gasteiger partial charge in [0.25, 0.3) is 5.91 Å². The Morgan fingerprint density at radius 2 is 2.67 bits per heavy atom. The Morgan fingerprint density at radius 1 is 1.89 bits per heavy atom. The fourth-order valence-corrected chi connectivity index (χ4v) is 1.23. The molecule has 0 saturated carbocycles. The van der Waals surface area contributed by atoms with E-state index in [2.05, 4.69) is 25.5 Å². The number of hydrogen-bond donors (Lipinski definition) is 1. The Balaban J connectivity index is 2.77. The van der Waals surface area contributed by atoms with Crippen molar-refractivity contribution in [2.45, 2.75) is 0 Å². The minimum atomic E-state index is -0.155. The van der Waals surface area contributed by atoms with Crippen LogP contribution in [0.5, 0.6) is 0 Å². The molecular weight excluding hydrogens is 204 g/mol. The average Bonchev–Trinajstić information content (AvgIpc) is 2.37. The zero-order valence-corrected chi connectivity index (χ0v) is 6.70. The number of rotatable bonds is 1. The van der Waals surface area contributed by atoms with Crippen LogP contribution in [0.25, 0.3) is 0 Å². The first-order valence-corrected chi connectivity index (χ1v) is 3.81. The predicted molar refractivity (Wildman–Crippen MR) is 38.5 cm³/mol. The SMILES string of the molecule is O=C(NBr)c1cncs1. The van der Waals surface area contributed by atoms with Crippen molar-refractivity contribution in [3.63, 3.8) is 0 Å². The van der Waals surface area contributed by atoms with Crippen LogP contribution in [0.2, 0.25) is 0 Å². The van der Waals surface area contributed by atoms with Gasteiger partial charge < -0.3 is 0 Å². The number of halogens is 1. The molecule has 0 saturated heterocycles. The van der Waals surface area contributed by atoms with Gasteiger partial charge in [-0.2, -0.15) is 0 Å². The highest BCUT2D eigenvalue weighted by Gasteiger charge is 2.02. The van der Waals surface area contributed by atoms with Crippen LogP contribution in [-0.2, 0) is 0 Å². The molecule has 3 nitrogen and oxygen atoms in total. The zero-order valence-electron chi connectivity index (χ0n) is 4.30. The molecule has 1 amide bonds. The number of nitrogens with one attached hydrogen (secondary N) is 1. The highest BCUT2D eigenvalue weighted by molar-refractivity contribution is 9.08. The molecule has 9 heavy (non-hydrogen) atoms. The molecule has 1 rings (SSSR count). The van der Waals surface area contributed by atoms with Crippen LogP contribution in [0.15, 0.2) is 11.7 Å². The van der Waals surface area contributed by atoms with Gasteiger partial charge in [-0.3, -0.25) is 14.1 Å². The van der Waals surface area contributed by atoms with E-state index in [4.69, 9.17) is 0 Å². The molecule has 0 atom stereocenters. The summed E-state index contributed by atoms with van der Waals surface area (Å²) in [4.78, 5) is 15.0. The zero-order chi connectivity index (χ0) is 6.69. The van der Waals surface area contributed by atoms with Crippen molar-refractivity contribution in [1.82, 2.24) is 9.33 Å². The predicted octanol–water partition coefficient (Wildman–Crippen LogP) is 1.18. The minimum absolute atomic E-state index is 0.155.